The van der Waals surface area contributed by atoms with E-state index in [4.69, 9.17) is 9.47 Å². The predicted octanol–water partition coefficient (Wildman–Crippen LogP) is 3.42. The van der Waals surface area contributed by atoms with Crippen LogP contribution in [0.4, 0.5) is 4.79 Å². The van der Waals surface area contributed by atoms with Gasteiger partial charge in [0.25, 0.3) is 0 Å². The fourth-order valence-electron chi connectivity index (χ4n) is 3.02. The molecule has 1 N–H and O–H groups in total. The first-order valence-electron chi connectivity index (χ1n) is 8.24. The van der Waals surface area contributed by atoms with Gasteiger partial charge in [-0.05, 0) is 17.9 Å². The number of hydrogen-bond acceptors (Lipinski definition) is 4. The van der Waals surface area contributed by atoms with Crippen molar-refractivity contribution in [2.24, 2.45) is 5.92 Å². The minimum atomic E-state index is -0.633. The fourth-order valence-corrected chi connectivity index (χ4v) is 3.02. The topological polar surface area (TPSA) is 64.6 Å². The van der Waals surface area contributed by atoms with Gasteiger partial charge >= 0.3 is 12.1 Å². The van der Waals surface area contributed by atoms with E-state index in [0.717, 1.165) is 18.4 Å². The number of carbonyl (C=O) groups excluding carboxylic acids is 2. The second-order valence-electron chi connectivity index (χ2n) is 6.02. The molecule has 1 aromatic carbocycles. The van der Waals surface area contributed by atoms with Crippen LogP contribution in [-0.2, 0) is 20.9 Å². The Morgan fingerprint density at radius 2 is 1.87 bits per heavy atom. The number of hydrogen-bond donors (Lipinski definition) is 1. The van der Waals surface area contributed by atoms with Gasteiger partial charge < -0.3 is 14.8 Å². The van der Waals surface area contributed by atoms with Crippen molar-refractivity contribution < 1.29 is 19.1 Å². The summed E-state index contributed by atoms with van der Waals surface area (Å²) in [5.74, 6) is 0.0505. The number of esters is 1. The molecular formula is C18H25NO4. The van der Waals surface area contributed by atoms with Gasteiger partial charge in [0.2, 0.25) is 0 Å². The molecule has 126 valence electrons. The molecular weight excluding hydrogens is 294 g/mol. The molecule has 0 heterocycles. The Balaban J connectivity index is 1.83. The lowest BCUT2D eigenvalue weighted by atomic mass is 9.85. The number of carbonyl (C=O) groups is 2. The van der Waals surface area contributed by atoms with Crippen molar-refractivity contribution in [1.29, 1.82) is 0 Å². The molecule has 1 saturated carbocycles. The third-order valence-corrected chi connectivity index (χ3v) is 4.28. The zero-order valence-electron chi connectivity index (χ0n) is 13.6. The van der Waals surface area contributed by atoms with Crippen molar-refractivity contribution in [1.82, 2.24) is 5.32 Å². The molecule has 0 bridgehead atoms. The lowest BCUT2D eigenvalue weighted by Crippen LogP contribution is -2.43. The molecule has 0 aromatic heterocycles. The summed E-state index contributed by atoms with van der Waals surface area (Å²) in [6.07, 6.45) is 5.88. The van der Waals surface area contributed by atoms with Crippen molar-refractivity contribution in [3.8, 4) is 0 Å². The first-order valence-corrected chi connectivity index (χ1v) is 8.24. The quantitative estimate of drug-likeness (QED) is 0.816. The van der Waals surface area contributed by atoms with Gasteiger partial charge in [0.1, 0.15) is 12.6 Å². The molecule has 0 unspecified atom stereocenters. The number of benzene rings is 1. The fraction of sp³-hybridized carbons (Fsp3) is 0.556. The van der Waals surface area contributed by atoms with Crippen molar-refractivity contribution in [2.75, 3.05) is 7.11 Å². The van der Waals surface area contributed by atoms with E-state index in [0.29, 0.717) is 12.3 Å². The summed E-state index contributed by atoms with van der Waals surface area (Å²) in [6, 6.07) is 8.81. The van der Waals surface area contributed by atoms with Crippen LogP contribution in [0.3, 0.4) is 0 Å². The van der Waals surface area contributed by atoms with Gasteiger partial charge in [0.05, 0.1) is 7.11 Å². The number of amides is 1. The van der Waals surface area contributed by atoms with Crippen LogP contribution in [0.15, 0.2) is 30.3 Å². The van der Waals surface area contributed by atoms with Crippen LogP contribution in [-0.4, -0.2) is 25.2 Å². The van der Waals surface area contributed by atoms with Crippen LogP contribution >= 0.6 is 0 Å². The maximum absolute atomic E-state index is 11.9. The van der Waals surface area contributed by atoms with E-state index in [2.05, 4.69) is 5.32 Å². The monoisotopic (exact) mass is 319 g/mol. The summed E-state index contributed by atoms with van der Waals surface area (Å²) in [4.78, 5) is 23.9. The molecule has 0 radical (unpaired) electrons. The Kier molecular flexibility index (Phi) is 6.91. The lowest BCUT2D eigenvalue weighted by Gasteiger charge is -2.25. The molecule has 23 heavy (non-hydrogen) atoms. The van der Waals surface area contributed by atoms with Crippen molar-refractivity contribution in [2.45, 2.75) is 51.2 Å². The number of methoxy groups -OCH3 is 1. The summed E-state index contributed by atoms with van der Waals surface area (Å²) in [6.45, 7) is 0.185. The van der Waals surface area contributed by atoms with E-state index in [1.807, 2.05) is 30.3 Å². The highest BCUT2D eigenvalue weighted by Gasteiger charge is 2.27. The second-order valence-corrected chi connectivity index (χ2v) is 6.02. The number of nitrogens with one attached hydrogen (secondary N) is 1. The maximum Gasteiger partial charge on any atom is 0.408 e. The Labute approximate surface area is 137 Å². The van der Waals surface area contributed by atoms with Crippen LogP contribution in [0, 0.1) is 5.92 Å². The SMILES string of the molecule is COC(=O)[C@H](CC1CCCCC1)NC(=O)OCc1ccccc1. The van der Waals surface area contributed by atoms with E-state index in [1.54, 1.807) is 0 Å². The van der Waals surface area contributed by atoms with Gasteiger partial charge in [-0.1, -0.05) is 62.4 Å². The Hall–Kier alpha value is -2.04. The highest BCUT2D eigenvalue weighted by Crippen LogP contribution is 2.27. The summed E-state index contributed by atoms with van der Waals surface area (Å²) in [7, 11) is 1.34. The van der Waals surface area contributed by atoms with E-state index >= 15 is 0 Å². The third kappa shape index (κ3) is 5.93. The number of alkyl carbamates (subject to hydrolysis) is 1. The zero-order valence-corrected chi connectivity index (χ0v) is 13.6. The molecule has 0 aliphatic heterocycles. The van der Waals surface area contributed by atoms with Gasteiger partial charge in [0, 0.05) is 0 Å². The molecule has 0 spiro atoms. The van der Waals surface area contributed by atoms with Gasteiger partial charge in [-0.25, -0.2) is 9.59 Å². The second kappa shape index (κ2) is 9.18. The average molecular weight is 319 g/mol. The highest BCUT2D eigenvalue weighted by molar-refractivity contribution is 5.81. The smallest absolute Gasteiger partial charge is 0.408 e. The Morgan fingerprint density at radius 3 is 2.52 bits per heavy atom. The third-order valence-electron chi connectivity index (χ3n) is 4.28. The molecule has 1 fully saturated rings. The van der Waals surface area contributed by atoms with Crippen molar-refractivity contribution in [3.63, 3.8) is 0 Å². The maximum atomic E-state index is 11.9. The van der Waals surface area contributed by atoms with E-state index in [1.165, 1.54) is 26.4 Å². The predicted molar refractivity (Wildman–Crippen MR) is 86.8 cm³/mol. The minimum Gasteiger partial charge on any atom is -0.467 e. The van der Waals surface area contributed by atoms with E-state index in [-0.39, 0.29) is 6.61 Å². The number of rotatable bonds is 6. The first kappa shape index (κ1) is 17.3. The van der Waals surface area contributed by atoms with Crippen LogP contribution < -0.4 is 5.32 Å². The molecule has 5 heteroatoms. The molecule has 0 saturated heterocycles. The van der Waals surface area contributed by atoms with E-state index < -0.39 is 18.1 Å². The first-order chi connectivity index (χ1) is 11.2. The van der Waals surface area contributed by atoms with Crippen LogP contribution in [0.25, 0.3) is 0 Å². The average Bonchev–Trinajstić information content (AvgIpc) is 2.60. The van der Waals surface area contributed by atoms with Crippen molar-refractivity contribution >= 4 is 12.1 Å². The van der Waals surface area contributed by atoms with Gasteiger partial charge in [0.15, 0.2) is 0 Å². The Bertz CT molecular complexity index is 497. The largest absolute Gasteiger partial charge is 0.467 e. The van der Waals surface area contributed by atoms with Gasteiger partial charge in [-0.2, -0.15) is 0 Å². The van der Waals surface area contributed by atoms with Gasteiger partial charge in [-0.3, -0.25) is 0 Å². The van der Waals surface area contributed by atoms with Crippen LogP contribution in [0.1, 0.15) is 44.1 Å². The highest BCUT2D eigenvalue weighted by atomic mass is 16.6. The lowest BCUT2D eigenvalue weighted by molar-refractivity contribution is -0.143. The zero-order chi connectivity index (χ0) is 16.5. The van der Waals surface area contributed by atoms with E-state index in [9.17, 15) is 9.59 Å². The number of ether oxygens (including phenoxy) is 2. The molecule has 1 amide bonds. The normalized spacial score (nSPS) is 16.4. The molecule has 2 rings (SSSR count). The molecule has 1 aliphatic rings. The molecule has 5 nitrogen and oxygen atoms in total. The minimum absolute atomic E-state index is 0.185. The molecule has 1 atom stereocenters. The standard InChI is InChI=1S/C18H25NO4/c1-22-17(20)16(12-14-8-4-2-5-9-14)19-18(21)23-13-15-10-6-3-7-11-15/h3,6-7,10-11,14,16H,2,4-5,8-9,12-13H2,1H3,(H,19,21)/t16-/m0/s1. The summed E-state index contributed by atoms with van der Waals surface area (Å²) in [5, 5.41) is 2.65. The van der Waals surface area contributed by atoms with Crippen molar-refractivity contribution in [3.05, 3.63) is 35.9 Å². The summed E-state index contributed by atoms with van der Waals surface area (Å²) in [5.41, 5.74) is 0.907. The summed E-state index contributed by atoms with van der Waals surface area (Å²) >= 11 is 0. The van der Waals surface area contributed by atoms with Crippen LogP contribution in [0.2, 0.25) is 0 Å². The van der Waals surface area contributed by atoms with Crippen LogP contribution in [0.5, 0.6) is 0 Å². The molecule has 1 aromatic rings. The molecule has 1 aliphatic carbocycles. The van der Waals surface area contributed by atoms with Gasteiger partial charge in [-0.15, -0.1) is 0 Å². The summed E-state index contributed by atoms with van der Waals surface area (Å²) < 4.78 is 9.99. The Morgan fingerprint density at radius 1 is 1.17 bits per heavy atom.